The van der Waals surface area contributed by atoms with E-state index in [9.17, 15) is 4.79 Å². The zero-order chi connectivity index (χ0) is 16.6. The molecule has 2 N–H and O–H groups in total. The molecule has 1 fully saturated rings. The van der Waals surface area contributed by atoms with Gasteiger partial charge in [0.1, 0.15) is 12.4 Å². The van der Waals surface area contributed by atoms with Gasteiger partial charge in [-0.05, 0) is 37.6 Å². The number of piperidine rings is 1. The molecule has 4 heteroatoms. The van der Waals surface area contributed by atoms with Crippen LogP contribution < -0.4 is 15.4 Å². The highest BCUT2D eigenvalue weighted by molar-refractivity contribution is 5.78. The van der Waals surface area contributed by atoms with Gasteiger partial charge in [-0.3, -0.25) is 4.79 Å². The van der Waals surface area contributed by atoms with Gasteiger partial charge >= 0.3 is 0 Å². The van der Waals surface area contributed by atoms with Crippen molar-refractivity contribution in [2.24, 2.45) is 5.92 Å². The number of nitrogens with one attached hydrogen (secondary N) is 2. The molecule has 1 aliphatic heterocycles. The Bertz CT molecular complexity index is 652. The molecule has 0 spiro atoms. The summed E-state index contributed by atoms with van der Waals surface area (Å²) in [7, 11) is 0. The summed E-state index contributed by atoms with van der Waals surface area (Å²) in [6.45, 7) is 2.89. The van der Waals surface area contributed by atoms with Gasteiger partial charge < -0.3 is 15.4 Å². The lowest BCUT2D eigenvalue weighted by atomic mass is 9.97. The van der Waals surface area contributed by atoms with E-state index in [1.54, 1.807) is 0 Å². The Hall–Kier alpha value is -2.33. The summed E-state index contributed by atoms with van der Waals surface area (Å²) in [5, 5.41) is 6.35. The van der Waals surface area contributed by atoms with Crippen LogP contribution in [0.15, 0.2) is 54.6 Å². The second-order valence-corrected chi connectivity index (χ2v) is 6.12. The summed E-state index contributed by atoms with van der Waals surface area (Å²) >= 11 is 0. The monoisotopic (exact) mass is 324 g/mol. The quantitative estimate of drug-likeness (QED) is 0.859. The first kappa shape index (κ1) is 16.5. The molecule has 1 aliphatic rings. The predicted octanol–water partition coefficient (Wildman–Crippen LogP) is 2.88. The van der Waals surface area contributed by atoms with Crippen LogP contribution in [0.2, 0.25) is 0 Å². The maximum atomic E-state index is 12.3. The van der Waals surface area contributed by atoms with Crippen LogP contribution in [0.1, 0.15) is 24.0 Å². The third kappa shape index (κ3) is 4.59. The molecule has 0 aliphatic carbocycles. The average Bonchev–Trinajstić information content (AvgIpc) is 2.66. The number of carbonyl (C=O) groups excluding carboxylic acids is 1. The van der Waals surface area contributed by atoms with Crippen molar-refractivity contribution in [2.45, 2.75) is 26.0 Å². The molecule has 126 valence electrons. The largest absolute Gasteiger partial charge is 0.489 e. The fourth-order valence-corrected chi connectivity index (χ4v) is 2.94. The first-order chi connectivity index (χ1) is 11.8. The number of benzene rings is 2. The van der Waals surface area contributed by atoms with E-state index in [4.69, 9.17) is 4.74 Å². The normalized spacial score (nSPS) is 15.0. The van der Waals surface area contributed by atoms with Crippen LogP contribution in [-0.2, 0) is 17.9 Å². The van der Waals surface area contributed by atoms with E-state index < -0.39 is 0 Å². The van der Waals surface area contributed by atoms with Crippen molar-refractivity contribution in [3.63, 3.8) is 0 Å². The van der Waals surface area contributed by atoms with E-state index in [0.717, 1.165) is 42.8 Å². The highest BCUT2D eigenvalue weighted by atomic mass is 16.5. The van der Waals surface area contributed by atoms with Crippen LogP contribution in [-0.4, -0.2) is 19.0 Å². The van der Waals surface area contributed by atoms with Gasteiger partial charge in [-0.15, -0.1) is 0 Å². The second-order valence-electron chi connectivity index (χ2n) is 6.12. The lowest BCUT2D eigenvalue weighted by Crippen LogP contribution is -2.37. The number of para-hydroxylation sites is 1. The molecule has 2 aromatic carbocycles. The Morgan fingerprint density at radius 1 is 1.04 bits per heavy atom. The number of hydrogen-bond donors (Lipinski definition) is 2. The lowest BCUT2D eigenvalue weighted by Gasteiger charge is -2.22. The smallest absolute Gasteiger partial charge is 0.223 e. The van der Waals surface area contributed by atoms with Crippen molar-refractivity contribution in [2.75, 3.05) is 13.1 Å². The molecule has 0 aromatic heterocycles. The van der Waals surface area contributed by atoms with Crippen molar-refractivity contribution >= 4 is 5.91 Å². The highest BCUT2D eigenvalue weighted by Crippen LogP contribution is 2.20. The van der Waals surface area contributed by atoms with Crippen molar-refractivity contribution in [1.82, 2.24) is 10.6 Å². The maximum absolute atomic E-state index is 12.3. The van der Waals surface area contributed by atoms with Gasteiger partial charge in [0.15, 0.2) is 0 Å². The zero-order valence-corrected chi connectivity index (χ0v) is 13.8. The zero-order valence-electron chi connectivity index (χ0n) is 13.8. The Balaban J connectivity index is 1.56. The van der Waals surface area contributed by atoms with E-state index in [2.05, 4.69) is 10.6 Å². The summed E-state index contributed by atoms with van der Waals surface area (Å²) in [5.41, 5.74) is 2.14. The van der Waals surface area contributed by atoms with Gasteiger partial charge in [-0.1, -0.05) is 48.5 Å². The standard InChI is InChI=1S/C20H24N2O2/c23-20(17-10-12-21-13-11-17)22-14-18-8-4-5-9-19(18)24-15-16-6-2-1-3-7-16/h1-9,17,21H,10-15H2,(H,22,23). The van der Waals surface area contributed by atoms with Crippen LogP contribution in [0.3, 0.4) is 0 Å². The minimum Gasteiger partial charge on any atom is -0.489 e. The Kier molecular flexibility index (Phi) is 5.85. The number of ether oxygens (including phenoxy) is 1. The molecular formula is C20H24N2O2. The summed E-state index contributed by atoms with van der Waals surface area (Å²) in [5.74, 6) is 1.10. The molecule has 1 heterocycles. The van der Waals surface area contributed by atoms with Gasteiger partial charge in [-0.2, -0.15) is 0 Å². The van der Waals surface area contributed by atoms with Crippen LogP contribution in [0, 0.1) is 5.92 Å². The predicted molar refractivity (Wildman–Crippen MR) is 94.7 cm³/mol. The van der Waals surface area contributed by atoms with E-state index in [0.29, 0.717) is 13.2 Å². The van der Waals surface area contributed by atoms with E-state index in [-0.39, 0.29) is 11.8 Å². The van der Waals surface area contributed by atoms with Gasteiger partial charge in [-0.25, -0.2) is 0 Å². The van der Waals surface area contributed by atoms with Gasteiger partial charge in [0.2, 0.25) is 5.91 Å². The highest BCUT2D eigenvalue weighted by Gasteiger charge is 2.20. The first-order valence-electron chi connectivity index (χ1n) is 8.56. The summed E-state index contributed by atoms with van der Waals surface area (Å²) in [4.78, 5) is 12.3. The van der Waals surface area contributed by atoms with Gasteiger partial charge in [0.05, 0.1) is 0 Å². The number of amides is 1. The summed E-state index contributed by atoms with van der Waals surface area (Å²) < 4.78 is 5.94. The molecule has 1 amide bonds. The molecule has 4 nitrogen and oxygen atoms in total. The second kappa shape index (κ2) is 8.50. The number of rotatable bonds is 6. The first-order valence-corrected chi connectivity index (χ1v) is 8.56. The van der Waals surface area contributed by atoms with Crippen LogP contribution in [0.5, 0.6) is 5.75 Å². The van der Waals surface area contributed by atoms with Crippen molar-refractivity contribution in [3.8, 4) is 5.75 Å². The molecule has 0 radical (unpaired) electrons. The molecular weight excluding hydrogens is 300 g/mol. The molecule has 0 saturated carbocycles. The van der Waals surface area contributed by atoms with Crippen molar-refractivity contribution in [1.29, 1.82) is 0 Å². The minimum atomic E-state index is 0.128. The topological polar surface area (TPSA) is 50.4 Å². The minimum absolute atomic E-state index is 0.128. The van der Waals surface area contributed by atoms with E-state index in [1.807, 2.05) is 54.6 Å². The summed E-state index contributed by atoms with van der Waals surface area (Å²) in [6, 6.07) is 18.0. The van der Waals surface area contributed by atoms with Crippen molar-refractivity contribution in [3.05, 3.63) is 65.7 Å². The van der Waals surface area contributed by atoms with E-state index >= 15 is 0 Å². The Morgan fingerprint density at radius 2 is 1.75 bits per heavy atom. The van der Waals surface area contributed by atoms with Crippen LogP contribution in [0.4, 0.5) is 0 Å². The van der Waals surface area contributed by atoms with Crippen molar-refractivity contribution < 1.29 is 9.53 Å². The molecule has 24 heavy (non-hydrogen) atoms. The maximum Gasteiger partial charge on any atom is 0.223 e. The van der Waals surface area contributed by atoms with Crippen LogP contribution >= 0.6 is 0 Å². The van der Waals surface area contributed by atoms with Crippen LogP contribution in [0.25, 0.3) is 0 Å². The molecule has 0 atom stereocenters. The molecule has 0 bridgehead atoms. The fourth-order valence-electron chi connectivity index (χ4n) is 2.94. The Labute approximate surface area is 143 Å². The summed E-state index contributed by atoms with van der Waals surface area (Å²) in [6.07, 6.45) is 1.83. The lowest BCUT2D eigenvalue weighted by molar-refractivity contribution is -0.125. The Morgan fingerprint density at radius 3 is 2.54 bits per heavy atom. The van der Waals surface area contributed by atoms with Gasteiger partial charge in [0.25, 0.3) is 0 Å². The molecule has 1 saturated heterocycles. The molecule has 3 rings (SSSR count). The SMILES string of the molecule is O=C(NCc1ccccc1OCc1ccccc1)C1CCNCC1. The average molecular weight is 324 g/mol. The number of carbonyl (C=O) groups is 1. The van der Waals surface area contributed by atoms with E-state index in [1.165, 1.54) is 0 Å². The third-order valence-electron chi connectivity index (χ3n) is 4.37. The number of hydrogen-bond acceptors (Lipinski definition) is 3. The molecule has 0 unspecified atom stereocenters. The molecule has 2 aromatic rings. The fraction of sp³-hybridized carbons (Fsp3) is 0.350. The van der Waals surface area contributed by atoms with Gasteiger partial charge in [0, 0.05) is 18.0 Å². The third-order valence-corrected chi connectivity index (χ3v) is 4.37.